The van der Waals surface area contributed by atoms with Crippen LogP contribution in [0.2, 0.25) is 0 Å². The Kier molecular flexibility index (Phi) is 24.1. The van der Waals surface area contributed by atoms with Gasteiger partial charge in [0, 0.05) is 25.7 Å². The van der Waals surface area contributed by atoms with Gasteiger partial charge in [0.2, 0.25) is 0 Å². The van der Waals surface area contributed by atoms with E-state index in [0.717, 1.165) is 13.5 Å². The number of ether oxygens (including phenoxy) is 5. The summed E-state index contributed by atoms with van der Waals surface area (Å²) in [7, 11) is 1.12. The summed E-state index contributed by atoms with van der Waals surface area (Å²) >= 11 is 0. The SMILES string of the molecule is COC(=O)[C@H]1[C@@H]2C[C@@H](O[C@@H]3O[C@H](C)[C@@H](O)[C@H](N)[C@@H]3O)C=CC=CC=CC=CC=CC=CC=C[C@H](C)C[C@@H](C)[C@H](C)OC(=O)C[C@H](O)C[C@H](O)CC[C@@H](O)[C@H](O)C[C@H](O)C[C@](O)(C[C@@H]1O)O2. The first kappa shape index (κ1) is 55.9. The number of carbonyl (C=O) groups excluding carboxylic acids is 2. The van der Waals surface area contributed by atoms with Crippen molar-refractivity contribution in [1.29, 1.82) is 0 Å². The average molecular weight is 922 g/mol. The fourth-order valence-electron chi connectivity index (χ4n) is 8.10. The van der Waals surface area contributed by atoms with E-state index in [1.807, 2.05) is 55.5 Å². The summed E-state index contributed by atoms with van der Waals surface area (Å²) in [6.45, 7) is 7.40. The van der Waals surface area contributed by atoms with Crippen LogP contribution < -0.4 is 5.73 Å². The van der Waals surface area contributed by atoms with Gasteiger partial charge in [-0.25, -0.2) is 0 Å². The molecule has 3 heterocycles. The maximum atomic E-state index is 13.1. The third kappa shape index (κ3) is 19.4. The molecule has 2 bridgehead atoms. The van der Waals surface area contributed by atoms with Crippen molar-refractivity contribution in [2.75, 3.05) is 7.11 Å². The number of carbonyl (C=O) groups is 2. The van der Waals surface area contributed by atoms with Gasteiger partial charge in [-0.1, -0.05) is 98.9 Å². The molecule has 0 saturated carbocycles. The molecule has 0 aromatic rings. The van der Waals surface area contributed by atoms with Crippen LogP contribution in [0.5, 0.6) is 0 Å². The van der Waals surface area contributed by atoms with E-state index in [1.54, 1.807) is 44.2 Å². The monoisotopic (exact) mass is 922 g/mol. The highest BCUT2D eigenvalue weighted by Gasteiger charge is 2.51. The number of rotatable bonds is 3. The van der Waals surface area contributed by atoms with E-state index in [1.165, 1.54) is 0 Å². The highest BCUT2D eigenvalue weighted by Crippen LogP contribution is 2.38. The van der Waals surface area contributed by atoms with Crippen LogP contribution in [-0.2, 0) is 33.3 Å². The highest BCUT2D eigenvalue weighted by molar-refractivity contribution is 5.74. The molecule has 3 aliphatic rings. The topological polar surface area (TPSA) is 288 Å². The summed E-state index contributed by atoms with van der Waals surface area (Å²) in [6, 6.07) is -1.12. The third-order valence-corrected chi connectivity index (χ3v) is 12.0. The number of nitrogens with two attached hydrogens (primary N) is 1. The molecule has 0 aliphatic carbocycles. The van der Waals surface area contributed by atoms with Gasteiger partial charge in [-0.15, -0.1) is 0 Å². The highest BCUT2D eigenvalue weighted by atomic mass is 16.7. The third-order valence-electron chi connectivity index (χ3n) is 12.0. The lowest BCUT2D eigenvalue weighted by molar-refractivity contribution is -0.308. The first-order valence-electron chi connectivity index (χ1n) is 22.6. The largest absolute Gasteiger partial charge is 0.469 e. The summed E-state index contributed by atoms with van der Waals surface area (Å²) < 4.78 is 28.5. The van der Waals surface area contributed by atoms with Gasteiger partial charge in [0.05, 0.1) is 80.6 Å². The fraction of sp³-hybridized carbons (Fsp3) is 0.667. The molecule has 2 fully saturated rings. The minimum atomic E-state index is -2.26. The van der Waals surface area contributed by atoms with Gasteiger partial charge in [0.1, 0.15) is 18.1 Å². The molecule has 11 N–H and O–H groups in total. The number of aliphatic hydroxyl groups excluding tert-OH is 8. The lowest BCUT2D eigenvalue weighted by Gasteiger charge is -2.45. The molecule has 17 heteroatoms. The molecule has 3 aliphatic heterocycles. The number of fused-ring (bicyclic) bond motifs is 2. The lowest BCUT2D eigenvalue weighted by Crippen LogP contribution is -2.61. The van der Waals surface area contributed by atoms with Gasteiger partial charge in [-0.3, -0.25) is 9.59 Å². The molecule has 2 saturated heterocycles. The number of cyclic esters (lactones) is 1. The number of hydrogen-bond acceptors (Lipinski definition) is 17. The van der Waals surface area contributed by atoms with Crippen molar-refractivity contribution in [1.82, 2.24) is 0 Å². The molecule has 0 amide bonds. The zero-order chi connectivity index (χ0) is 48.3. The van der Waals surface area contributed by atoms with E-state index >= 15 is 0 Å². The normalized spacial score (nSPS) is 40.8. The molecule has 3 rings (SSSR count). The predicted molar refractivity (Wildman–Crippen MR) is 240 cm³/mol. The van der Waals surface area contributed by atoms with Crippen molar-refractivity contribution in [2.24, 2.45) is 23.5 Å². The minimum Gasteiger partial charge on any atom is -0.469 e. The van der Waals surface area contributed by atoms with E-state index in [4.69, 9.17) is 29.4 Å². The average Bonchev–Trinajstić information content (AvgIpc) is 3.22. The minimum absolute atomic E-state index is 0.0285. The molecule has 0 spiro atoms. The van der Waals surface area contributed by atoms with E-state index in [0.29, 0.717) is 0 Å². The molecule has 0 radical (unpaired) electrons. The van der Waals surface area contributed by atoms with E-state index < -0.39 is 128 Å². The summed E-state index contributed by atoms with van der Waals surface area (Å²) in [4.78, 5) is 25.7. The second kappa shape index (κ2) is 28.1. The lowest BCUT2D eigenvalue weighted by atomic mass is 9.82. The quantitative estimate of drug-likeness (QED) is 0.181. The number of allylic oxidation sites excluding steroid dienone is 13. The van der Waals surface area contributed by atoms with Crippen LogP contribution in [0.3, 0.4) is 0 Å². The van der Waals surface area contributed by atoms with Crippen LogP contribution in [0.4, 0.5) is 0 Å². The second-order valence-electron chi connectivity index (χ2n) is 17.7. The van der Waals surface area contributed by atoms with Crippen molar-refractivity contribution in [3.05, 3.63) is 85.1 Å². The van der Waals surface area contributed by atoms with Gasteiger partial charge in [0.25, 0.3) is 0 Å². The zero-order valence-corrected chi connectivity index (χ0v) is 38.2. The van der Waals surface area contributed by atoms with Crippen LogP contribution in [0.15, 0.2) is 85.1 Å². The Labute approximate surface area is 382 Å². The van der Waals surface area contributed by atoms with E-state index in [9.17, 15) is 55.5 Å². The molecule has 65 heavy (non-hydrogen) atoms. The smallest absolute Gasteiger partial charge is 0.313 e. The van der Waals surface area contributed by atoms with E-state index in [2.05, 4.69) is 13.0 Å². The first-order valence-corrected chi connectivity index (χ1v) is 22.6. The van der Waals surface area contributed by atoms with Crippen molar-refractivity contribution < 1.29 is 79.2 Å². The van der Waals surface area contributed by atoms with Gasteiger partial charge in [0.15, 0.2) is 12.1 Å². The number of aliphatic hydroxyl groups is 9. The number of esters is 2. The fourth-order valence-corrected chi connectivity index (χ4v) is 8.10. The van der Waals surface area contributed by atoms with Gasteiger partial charge < -0.3 is 75.4 Å². The second-order valence-corrected chi connectivity index (χ2v) is 17.7. The van der Waals surface area contributed by atoms with Crippen molar-refractivity contribution in [2.45, 2.75) is 177 Å². The first-order chi connectivity index (χ1) is 30.7. The van der Waals surface area contributed by atoms with Crippen molar-refractivity contribution in [3.63, 3.8) is 0 Å². The molecular weight excluding hydrogens is 847 g/mol. The molecule has 368 valence electrons. The summed E-state index contributed by atoms with van der Waals surface area (Å²) in [5.74, 6) is -4.83. The maximum absolute atomic E-state index is 13.1. The molecule has 17 nitrogen and oxygen atoms in total. The maximum Gasteiger partial charge on any atom is 0.313 e. The Morgan fingerprint density at radius 2 is 1.26 bits per heavy atom. The van der Waals surface area contributed by atoms with Gasteiger partial charge in [-0.2, -0.15) is 0 Å². The van der Waals surface area contributed by atoms with Crippen LogP contribution >= 0.6 is 0 Å². The van der Waals surface area contributed by atoms with Gasteiger partial charge >= 0.3 is 11.9 Å². The Morgan fingerprint density at radius 3 is 1.86 bits per heavy atom. The molecule has 0 unspecified atom stereocenters. The van der Waals surface area contributed by atoms with Crippen LogP contribution in [0, 0.1) is 17.8 Å². The summed E-state index contributed by atoms with van der Waals surface area (Å²) in [5, 5.41) is 97.7. The molecule has 0 aromatic heterocycles. The molecule has 0 aromatic carbocycles. The molecule has 18 atom stereocenters. The van der Waals surface area contributed by atoms with Crippen molar-refractivity contribution >= 4 is 11.9 Å². The standard InChI is InChI=1S/C48H75NO16/c1-29-18-16-14-12-10-8-6-7-9-11-13-15-17-19-36(64-47-45(58)43(49)44(57)32(4)63-47)26-40-42(46(59)61-5)39(55)28-48(60,65-40)27-35(52)24-38(54)37(53)21-20-33(50)23-34(51)25-41(56)62-31(3)30(2)22-29/h6-19,29-40,42-45,47,50-55,57-58,60H,20-28,49H2,1-5H3/t29-,30+,31-,32+,33+,34+,35-,36-,37+,38+,39-,40-,42+,43-,44+,45-,47-,48+/m0/s1. The van der Waals surface area contributed by atoms with Gasteiger partial charge in [-0.05, 0) is 51.4 Å². The molecular formula is C48H75NO16. The number of hydrogen-bond donors (Lipinski definition) is 10. The Hall–Kier alpha value is -3.40. The van der Waals surface area contributed by atoms with Crippen LogP contribution in [0.25, 0.3) is 0 Å². The Balaban J connectivity index is 1.87. The van der Waals surface area contributed by atoms with E-state index in [-0.39, 0.29) is 43.9 Å². The predicted octanol–water partition coefficient (Wildman–Crippen LogP) is 1.83. The zero-order valence-electron chi connectivity index (χ0n) is 38.2. The summed E-state index contributed by atoms with van der Waals surface area (Å²) in [5.41, 5.74) is 6.05. The van der Waals surface area contributed by atoms with Crippen molar-refractivity contribution in [3.8, 4) is 0 Å². The van der Waals surface area contributed by atoms with Crippen LogP contribution in [-0.4, -0.2) is 156 Å². The van der Waals surface area contributed by atoms with Crippen LogP contribution in [0.1, 0.15) is 85.5 Å². The Morgan fingerprint density at radius 1 is 0.677 bits per heavy atom. The summed E-state index contributed by atoms with van der Waals surface area (Å²) in [6.07, 6.45) is 7.74. The number of methoxy groups -OCH3 is 1. The Bertz CT molecular complexity index is 1650.